The van der Waals surface area contributed by atoms with Gasteiger partial charge < -0.3 is 10.1 Å². The van der Waals surface area contributed by atoms with Gasteiger partial charge in [-0.3, -0.25) is 0 Å². The molecule has 2 nitrogen and oxygen atoms in total. The molecule has 0 aromatic heterocycles. The van der Waals surface area contributed by atoms with Gasteiger partial charge in [-0.1, -0.05) is 31.5 Å². The Labute approximate surface area is 118 Å². The molecule has 0 aliphatic carbocycles. The lowest BCUT2D eigenvalue weighted by Crippen LogP contribution is -2.20. The van der Waals surface area contributed by atoms with E-state index in [-0.39, 0.29) is 0 Å². The summed E-state index contributed by atoms with van der Waals surface area (Å²) in [4.78, 5) is 0. The second-order valence-corrected chi connectivity index (χ2v) is 5.60. The van der Waals surface area contributed by atoms with Gasteiger partial charge in [0.1, 0.15) is 5.75 Å². The van der Waals surface area contributed by atoms with Crippen molar-refractivity contribution in [1.82, 2.24) is 5.32 Å². The Balaban J connectivity index is 2.33. The van der Waals surface area contributed by atoms with E-state index >= 15 is 0 Å². The molecule has 0 saturated carbocycles. The van der Waals surface area contributed by atoms with Gasteiger partial charge in [-0.15, -0.1) is 0 Å². The standard InChI is InChI=1S/C17H29NO/c1-5-19-17-10-9-15(4)12-16(17)8-6-7-11-18-13-14(2)3/h9-10,12,14,18H,5-8,11,13H2,1-4H3. The molecule has 1 rings (SSSR count). The summed E-state index contributed by atoms with van der Waals surface area (Å²) >= 11 is 0. The molecule has 0 saturated heterocycles. The molecular formula is C17H29NO. The molecule has 0 amide bonds. The number of unbranched alkanes of at least 4 members (excludes halogenated alkanes) is 1. The van der Waals surface area contributed by atoms with Crippen LogP contribution in [0.4, 0.5) is 0 Å². The third-order valence-corrected chi connectivity index (χ3v) is 3.12. The molecule has 2 heteroatoms. The van der Waals surface area contributed by atoms with Crippen LogP contribution < -0.4 is 10.1 Å². The Kier molecular flexibility index (Phi) is 7.57. The van der Waals surface area contributed by atoms with Gasteiger partial charge in [0, 0.05) is 0 Å². The Morgan fingerprint density at radius 1 is 1.21 bits per heavy atom. The first-order chi connectivity index (χ1) is 9.13. The molecule has 0 fully saturated rings. The largest absolute Gasteiger partial charge is 0.494 e. The zero-order valence-electron chi connectivity index (χ0n) is 13.0. The first-order valence-corrected chi connectivity index (χ1v) is 7.56. The fourth-order valence-corrected chi connectivity index (χ4v) is 2.16. The molecule has 1 aromatic rings. The molecule has 0 heterocycles. The number of hydrogen-bond acceptors (Lipinski definition) is 2. The van der Waals surface area contributed by atoms with E-state index in [1.807, 2.05) is 6.92 Å². The minimum absolute atomic E-state index is 0.737. The lowest BCUT2D eigenvalue weighted by Gasteiger charge is -2.11. The average molecular weight is 263 g/mol. The van der Waals surface area contributed by atoms with Crippen molar-refractivity contribution in [3.63, 3.8) is 0 Å². The maximum atomic E-state index is 5.69. The highest BCUT2D eigenvalue weighted by atomic mass is 16.5. The molecule has 0 aliphatic heterocycles. The number of aryl methyl sites for hydroxylation is 2. The van der Waals surface area contributed by atoms with E-state index in [0.29, 0.717) is 0 Å². The molecule has 1 N–H and O–H groups in total. The molecule has 0 unspecified atom stereocenters. The van der Waals surface area contributed by atoms with Crippen LogP contribution >= 0.6 is 0 Å². The van der Waals surface area contributed by atoms with E-state index in [4.69, 9.17) is 4.74 Å². The van der Waals surface area contributed by atoms with Crippen molar-refractivity contribution in [2.24, 2.45) is 5.92 Å². The fraction of sp³-hybridized carbons (Fsp3) is 0.647. The van der Waals surface area contributed by atoms with Gasteiger partial charge in [-0.25, -0.2) is 0 Å². The zero-order chi connectivity index (χ0) is 14.1. The van der Waals surface area contributed by atoms with Crippen LogP contribution in [0.15, 0.2) is 18.2 Å². The third kappa shape index (κ3) is 6.63. The lowest BCUT2D eigenvalue weighted by molar-refractivity contribution is 0.336. The highest BCUT2D eigenvalue weighted by Gasteiger charge is 2.03. The Hall–Kier alpha value is -1.02. The number of hydrogen-bond donors (Lipinski definition) is 1. The normalized spacial score (nSPS) is 11.0. The molecule has 0 atom stereocenters. The molecule has 0 bridgehead atoms. The molecule has 19 heavy (non-hydrogen) atoms. The number of nitrogens with one attached hydrogen (secondary N) is 1. The quantitative estimate of drug-likeness (QED) is 0.681. The van der Waals surface area contributed by atoms with Crippen molar-refractivity contribution in [2.75, 3.05) is 19.7 Å². The van der Waals surface area contributed by atoms with Crippen molar-refractivity contribution < 1.29 is 4.74 Å². The lowest BCUT2D eigenvalue weighted by atomic mass is 10.0. The topological polar surface area (TPSA) is 21.3 Å². The number of rotatable bonds is 9. The van der Waals surface area contributed by atoms with Crippen LogP contribution in [0.5, 0.6) is 5.75 Å². The van der Waals surface area contributed by atoms with E-state index in [1.54, 1.807) is 0 Å². The van der Waals surface area contributed by atoms with Gasteiger partial charge in [-0.2, -0.15) is 0 Å². The smallest absolute Gasteiger partial charge is 0.122 e. The molecule has 0 radical (unpaired) electrons. The SMILES string of the molecule is CCOc1ccc(C)cc1CCCCNCC(C)C. The Bertz CT molecular complexity index is 360. The minimum Gasteiger partial charge on any atom is -0.494 e. The highest BCUT2D eigenvalue weighted by Crippen LogP contribution is 2.22. The van der Waals surface area contributed by atoms with Crippen molar-refractivity contribution >= 4 is 0 Å². The van der Waals surface area contributed by atoms with Crippen molar-refractivity contribution in [2.45, 2.75) is 47.0 Å². The van der Waals surface area contributed by atoms with E-state index in [1.165, 1.54) is 24.0 Å². The van der Waals surface area contributed by atoms with Gasteiger partial charge >= 0.3 is 0 Å². The molecule has 108 valence electrons. The van der Waals surface area contributed by atoms with E-state index in [2.05, 4.69) is 44.3 Å². The van der Waals surface area contributed by atoms with E-state index in [0.717, 1.165) is 37.8 Å². The third-order valence-electron chi connectivity index (χ3n) is 3.12. The Morgan fingerprint density at radius 3 is 2.68 bits per heavy atom. The van der Waals surface area contributed by atoms with E-state index < -0.39 is 0 Å². The summed E-state index contributed by atoms with van der Waals surface area (Å²) in [5.74, 6) is 1.80. The second kappa shape index (κ2) is 8.98. The van der Waals surface area contributed by atoms with Crippen molar-refractivity contribution in [1.29, 1.82) is 0 Å². The summed E-state index contributed by atoms with van der Waals surface area (Å²) in [5.41, 5.74) is 2.67. The fourth-order valence-electron chi connectivity index (χ4n) is 2.16. The Morgan fingerprint density at radius 2 is 2.00 bits per heavy atom. The minimum atomic E-state index is 0.737. The summed E-state index contributed by atoms with van der Waals surface area (Å²) in [6.07, 6.45) is 3.56. The monoisotopic (exact) mass is 263 g/mol. The van der Waals surface area contributed by atoms with E-state index in [9.17, 15) is 0 Å². The summed E-state index contributed by atoms with van der Waals surface area (Å²) in [5, 5.41) is 3.49. The zero-order valence-corrected chi connectivity index (χ0v) is 13.0. The summed E-state index contributed by atoms with van der Waals surface area (Å²) < 4.78 is 5.69. The number of benzene rings is 1. The van der Waals surface area contributed by atoms with Crippen LogP contribution in [0, 0.1) is 12.8 Å². The van der Waals surface area contributed by atoms with Crippen molar-refractivity contribution in [3.05, 3.63) is 29.3 Å². The highest BCUT2D eigenvalue weighted by molar-refractivity contribution is 5.37. The molecule has 0 aliphatic rings. The summed E-state index contributed by atoms with van der Waals surface area (Å²) in [7, 11) is 0. The number of ether oxygens (including phenoxy) is 1. The summed E-state index contributed by atoms with van der Waals surface area (Å²) in [6, 6.07) is 6.48. The first-order valence-electron chi connectivity index (χ1n) is 7.56. The van der Waals surface area contributed by atoms with Gasteiger partial charge in [0.2, 0.25) is 0 Å². The van der Waals surface area contributed by atoms with Crippen LogP contribution in [-0.4, -0.2) is 19.7 Å². The average Bonchev–Trinajstić information content (AvgIpc) is 2.36. The molecule has 1 aromatic carbocycles. The van der Waals surface area contributed by atoms with Crippen LogP contribution in [-0.2, 0) is 6.42 Å². The predicted octanol–water partition coefficient (Wildman–Crippen LogP) is 3.96. The van der Waals surface area contributed by atoms with Gasteiger partial charge in [0.25, 0.3) is 0 Å². The van der Waals surface area contributed by atoms with Gasteiger partial charge in [-0.05, 0) is 63.7 Å². The van der Waals surface area contributed by atoms with Crippen LogP contribution in [0.2, 0.25) is 0 Å². The van der Waals surface area contributed by atoms with Gasteiger partial charge in [0.05, 0.1) is 6.61 Å². The second-order valence-electron chi connectivity index (χ2n) is 5.60. The summed E-state index contributed by atoms with van der Waals surface area (Å²) in [6.45, 7) is 11.7. The molecular weight excluding hydrogens is 234 g/mol. The maximum Gasteiger partial charge on any atom is 0.122 e. The van der Waals surface area contributed by atoms with Crippen LogP contribution in [0.3, 0.4) is 0 Å². The van der Waals surface area contributed by atoms with Crippen LogP contribution in [0.25, 0.3) is 0 Å². The maximum absolute atomic E-state index is 5.69. The van der Waals surface area contributed by atoms with Gasteiger partial charge in [0.15, 0.2) is 0 Å². The first kappa shape index (κ1) is 16.0. The van der Waals surface area contributed by atoms with Crippen LogP contribution in [0.1, 0.15) is 44.7 Å². The predicted molar refractivity (Wildman–Crippen MR) is 83.0 cm³/mol. The molecule has 0 spiro atoms. The van der Waals surface area contributed by atoms with Crippen molar-refractivity contribution in [3.8, 4) is 5.75 Å².